The van der Waals surface area contributed by atoms with E-state index >= 15 is 0 Å². The van der Waals surface area contributed by atoms with Crippen molar-refractivity contribution in [3.8, 4) is 10.4 Å². The molecule has 1 aromatic heterocycles. The average molecular weight is 292 g/mol. The van der Waals surface area contributed by atoms with Crippen LogP contribution in [0.1, 0.15) is 0 Å². The zero-order chi connectivity index (χ0) is 9.26. The molecule has 68 valence electrons. The van der Waals surface area contributed by atoms with Gasteiger partial charge in [-0.2, -0.15) is 0 Å². The van der Waals surface area contributed by atoms with Crippen LogP contribution >= 0.6 is 35.6 Å². The first kappa shape index (κ1) is 12.3. The molecule has 1 aromatic carbocycles. The largest absolute Gasteiger partial charge is 0.143 e. The summed E-state index contributed by atoms with van der Waals surface area (Å²) >= 11 is 11.9. The molecule has 0 amide bonds. The third-order valence-electron chi connectivity index (χ3n) is 1.74. The molecule has 0 aliphatic rings. The summed E-state index contributed by atoms with van der Waals surface area (Å²) < 4.78 is 0. The van der Waals surface area contributed by atoms with E-state index in [4.69, 9.17) is 11.6 Å². The molecule has 0 atom stereocenters. The van der Waals surface area contributed by atoms with E-state index in [1.54, 1.807) is 11.3 Å². The second-order valence-corrected chi connectivity index (χ2v) is 4.48. The number of thiophene rings is 1. The van der Waals surface area contributed by atoms with E-state index in [1.165, 1.54) is 0 Å². The number of rotatable bonds is 1. The summed E-state index contributed by atoms with van der Waals surface area (Å²) in [6.07, 6.45) is 0. The quantitative estimate of drug-likeness (QED) is 0.586. The zero-order valence-electron chi connectivity index (χ0n) is 7.40. The van der Waals surface area contributed by atoms with Gasteiger partial charge in [0.1, 0.15) is 0 Å². The van der Waals surface area contributed by atoms with E-state index in [0.29, 0.717) is 0 Å². The third kappa shape index (κ3) is 2.61. The smallest absolute Gasteiger partial charge is 0.0519 e. The van der Waals surface area contributed by atoms with Crippen molar-refractivity contribution in [2.45, 2.75) is 4.90 Å². The molecule has 1 heterocycles. The van der Waals surface area contributed by atoms with Gasteiger partial charge < -0.3 is 0 Å². The van der Waals surface area contributed by atoms with Gasteiger partial charge in [0.2, 0.25) is 0 Å². The molecule has 0 spiro atoms. The SMILES string of the molecule is Sc1ccccc1-c1cc(Cl)cs1.[Zn]. The molecule has 0 radical (unpaired) electrons. The molecule has 2 rings (SSSR count). The van der Waals surface area contributed by atoms with Gasteiger partial charge in [0, 0.05) is 40.2 Å². The van der Waals surface area contributed by atoms with Gasteiger partial charge in [-0.25, -0.2) is 0 Å². The average Bonchev–Trinajstić information content (AvgIpc) is 2.53. The van der Waals surface area contributed by atoms with E-state index in [2.05, 4.69) is 12.6 Å². The van der Waals surface area contributed by atoms with Crippen molar-refractivity contribution in [1.82, 2.24) is 0 Å². The fourth-order valence-electron chi connectivity index (χ4n) is 1.14. The minimum Gasteiger partial charge on any atom is -0.143 e. The molecule has 0 unspecified atom stereocenters. The monoisotopic (exact) mass is 290 g/mol. The minimum absolute atomic E-state index is 0. The summed E-state index contributed by atoms with van der Waals surface area (Å²) in [5.41, 5.74) is 1.14. The van der Waals surface area contributed by atoms with Crippen LogP contribution in [0, 0.1) is 0 Å². The number of thiol groups is 1. The van der Waals surface area contributed by atoms with E-state index in [0.717, 1.165) is 20.4 Å². The van der Waals surface area contributed by atoms with Crippen molar-refractivity contribution in [2.24, 2.45) is 0 Å². The Morgan fingerprint density at radius 2 is 1.93 bits per heavy atom. The van der Waals surface area contributed by atoms with Crippen molar-refractivity contribution in [2.75, 3.05) is 0 Å². The van der Waals surface area contributed by atoms with Crippen molar-refractivity contribution >= 4 is 35.6 Å². The molecule has 0 bridgehead atoms. The Morgan fingerprint density at radius 3 is 2.50 bits per heavy atom. The second kappa shape index (κ2) is 5.32. The first-order chi connectivity index (χ1) is 6.27. The molecule has 0 saturated carbocycles. The predicted octanol–water partition coefficient (Wildman–Crippen LogP) is 4.35. The van der Waals surface area contributed by atoms with E-state index < -0.39 is 0 Å². The Labute approximate surface area is 110 Å². The van der Waals surface area contributed by atoms with E-state index in [-0.39, 0.29) is 19.5 Å². The topological polar surface area (TPSA) is 0 Å². The van der Waals surface area contributed by atoms with Gasteiger partial charge in [-0.05, 0) is 12.1 Å². The van der Waals surface area contributed by atoms with Gasteiger partial charge in [-0.3, -0.25) is 0 Å². The number of benzene rings is 1. The summed E-state index contributed by atoms with van der Waals surface area (Å²) in [5, 5.41) is 2.72. The van der Waals surface area contributed by atoms with Crippen LogP contribution in [0.2, 0.25) is 5.02 Å². The van der Waals surface area contributed by atoms with Crippen LogP contribution in [0.25, 0.3) is 10.4 Å². The molecule has 0 aliphatic heterocycles. The predicted molar refractivity (Wildman–Crippen MR) is 62.0 cm³/mol. The standard InChI is InChI=1S/C10H7ClS2.Zn/c11-7-5-10(13-6-7)8-3-1-2-4-9(8)12;/h1-6,12H;. The van der Waals surface area contributed by atoms with Gasteiger partial charge in [0.25, 0.3) is 0 Å². The van der Waals surface area contributed by atoms with Crippen molar-refractivity contribution in [1.29, 1.82) is 0 Å². The van der Waals surface area contributed by atoms with E-state index in [1.807, 2.05) is 35.7 Å². The van der Waals surface area contributed by atoms with Crippen molar-refractivity contribution < 1.29 is 19.5 Å². The summed E-state index contributed by atoms with van der Waals surface area (Å²) in [7, 11) is 0. The van der Waals surface area contributed by atoms with Gasteiger partial charge in [0.15, 0.2) is 0 Å². The molecule has 0 fully saturated rings. The summed E-state index contributed by atoms with van der Waals surface area (Å²) in [4.78, 5) is 2.15. The van der Waals surface area contributed by atoms with Crippen LogP contribution in [0.15, 0.2) is 40.6 Å². The van der Waals surface area contributed by atoms with E-state index in [9.17, 15) is 0 Å². The van der Waals surface area contributed by atoms with Crippen LogP contribution in [0.5, 0.6) is 0 Å². The Bertz CT molecular complexity index is 426. The maximum atomic E-state index is 5.85. The maximum Gasteiger partial charge on any atom is 0.0519 e. The molecular formula is C10H7ClS2Zn. The van der Waals surface area contributed by atoms with Crippen molar-refractivity contribution in [3.63, 3.8) is 0 Å². The fraction of sp³-hybridized carbons (Fsp3) is 0. The molecule has 2 aromatic rings. The molecule has 4 heteroatoms. The van der Waals surface area contributed by atoms with Crippen molar-refractivity contribution in [3.05, 3.63) is 40.7 Å². The van der Waals surface area contributed by atoms with Gasteiger partial charge in [0.05, 0.1) is 5.02 Å². The Balaban J connectivity index is 0.000000980. The first-order valence-electron chi connectivity index (χ1n) is 3.80. The molecule has 14 heavy (non-hydrogen) atoms. The molecular weight excluding hydrogens is 285 g/mol. The summed E-state index contributed by atoms with van der Waals surface area (Å²) in [6.45, 7) is 0. The first-order valence-corrected chi connectivity index (χ1v) is 5.50. The van der Waals surface area contributed by atoms with Crippen LogP contribution in [0.3, 0.4) is 0 Å². The Hall–Kier alpha value is 0.183. The summed E-state index contributed by atoms with van der Waals surface area (Å²) in [6, 6.07) is 9.96. The van der Waals surface area contributed by atoms with Crippen LogP contribution in [-0.4, -0.2) is 0 Å². The Morgan fingerprint density at radius 1 is 1.21 bits per heavy atom. The second-order valence-electron chi connectivity index (χ2n) is 2.65. The fourth-order valence-corrected chi connectivity index (χ4v) is 2.61. The van der Waals surface area contributed by atoms with Crippen LogP contribution < -0.4 is 0 Å². The minimum atomic E-state index is 0. The third-order valence-corrected chi connectivity index (χ3v) is 3.44. The molecule has 0 N–H and O–H groups in total. The normalized spacial score (nSPS) is 9.57. The number of halogens is 1. The summed E-state index contributed by atoms with van der Waals surface area (Å²) in [5.74, 6) is 0. The molecule has 0 saturated heterocycles. The van der Waals surface area contributed by atoms with Crippen LogP contribution in [0.4, 0.5) is 0 Å². The molecule has 0 nitrogen and oxygen atoms in total. The Kier molecular flexibility index (Phi) is 4.65. The van der Waals surface area contributed by atoms with Gasteiger partial charge >= 0.3 is 0 Å². The number of hydrogen-bond acceptors (Lipinski definition) is 2. The van der Waals surface area contributed by atoms with Crippen LogP contribution in [-0.2, 0) is 19.5 Å². The number of hydrogen-bond donors (Lipinski definition) is 1. The maximum absolute atomic E-state index is 5.85. The van der Waals surface area contributed by atoms with Gasteiger partial charge in [-0.15, -0.1) is 24.0 Å². The molecule has 0 aliphatic carbocycles. The zero-order valence-corrected chi connectivity index (χ0v) is 12.8. The van der Waals surface area contributed by atoms with Gasteiger partial charge in [-0.1, -0.05) is 29.8 Å².